The molecule has 0 spiro atoms. The van der Waals surface area contributed by atoms with Crippen molar-refractivity contribution < 1.29 is 37.8 Å². The van der Waals surface area contributed by atoms with Gasteiger partial charge in [0.15, 0.2) is 5.12 Å². The number of thiol groups is 1. The molecule has 1 aromatic carbocycles. The SMILES string of the molecule is CC(C(=O)O)C(C)(C(=O)O)c1ccccc1.O=C(S)Cc1ncc(C(F)(F)F)cc1Cl. The van der Waals surface area contributed by atoms with Gasteiger partial charge >= 0.3 is 18.1 Å². The molecule has 1 aromatic heterocycles. The Kier molecular flexibility index (Phi) is 9.07. The van der Waals surface area contributed by atoms with Crippen molar-refractivity contribution in [2.75, 3.05) is 0 Å². The fourth-order valence-electron chi connectivity index (χ4n) is 2.48. The number of aromatic nitrogens is 1. The average molecular weight is 478 g/mol. The van der Waals surface area contributed by atoms with Crippen LogP contribution in [-0.2, 0) is 32.4 Å². The zero-order chi connectivity index (χ0) is 24.0. The van der Waals surface area contributed by atoms with E-state index >= 15 is 0 Å². The highest BCUT2D eigenvalue weighted by Gasteiger charge is 2.44. The molecule has 2 aromatic rings. The van der Waals surface area contributed by atoms with Gasteiger partial charge in [0.2, 0.25) is 0 Å². The number of rotatable bonds is 6. The Morgan fingerprint density at radius 1 is 1.13 bits per heavy atom. The molecule has 31 heavy (non-hydrogen) atoms. The molecule has 0 radical (unpaired) electrons. The summed E-state index contributed by atoms with van der Waals surface area (Å²) in [7, 11) is 0. The van der Waals surface area contributed by atoms with E-state index in [1.54, 1.807) is 30.3 Å². The van der Waals surface area contributed by atoms with Crippen LogP contribution in [0.25, 0.3) is 0 Å². The molecule has 1 heterocycles. The molecule has 0 aliphatic carbocycles. The van der Waals surface area contributed by atoms with Crippen molar-refractivity contribution in [1.29, 1.82) is 0 Å². The summed E-state index contributed by atoms with van der Waals surface area (Å²) in [5, 5.41) is 17.5. The highest BCUT2D eigenvalue weighted by molar-refractivity contribution is 7.96. The monoisotopic (exact) mass is 477 g/mol. The molecule has 2 unspecified atom stereocenters. The number of pyridine rings is 1. The molecule has 0 fully saturated rings. The summed E-state index contributed by atoms with van der Waals surface area (Å²) in [4.78, 5) is 36.3. The van der Waals surface area contributed by atoms with Crippen LogP contribution in [0.2, 0.25) is 5.02 Å². The number of hydrogen-bond acceptors (Lipinski definition) is 4. The summed E-state index contributed by atoms with van der Waals surface area (Å²) >= 11 is 9.01. The number of aliphatic carboxylic acids is 2. The standard InChI is InChI=1S/C12H14O4.C8H5ClF3NOS/c1-8(10(13)14)12(2,11(15)16)9-6-4-3-5-7-9;9-5-1-4(8(10,11)12)3-13-6(5)2-7(14)15/h3-8H,1-2H3,(H,13,14)(H,15,16);1,3H,2H2,(H,14,15). The van der Waals surface area contributed by atoms with Crippen molar-refractivity contribution in [1.82, 2.24) is 4.98 Å². The van der Waals surface area contributed by atoms with Crippen LogP contribution in [0.15, 0.2) is 42.6 Å². The molecule has 168 valence electrons. The topological polar surface area (TPSA) is 105 Å². The maximum Gasteiger partial charge on any atom is 0.417 e. The number of carbonyl (C=O) groups is 3. The van der Waals surface area contributed by atoms with Gasteiger partial charge in [-0.1, -0.05) is 48.9 Å². The number of nitrogens with zero attached hydrogens (tertiary/aromatic N) is 1. The Bertz CT molecular complexity index is 956. The molecule has 0 amide bonds. The molecule has 0 aliphatic heterocycles. The van der Waals surface area contributed by atoms with E-state index in [1.807, 2.05) is 0 Å². The van der Waals surface area contributed by atoms with Gasteiger partial charge in [-0.15, -0.1) is 12.6 Å². The molecule has 6 nitrogen and oxygen atoms in total. The highest BCUT2D eigenvalue weighted by atomic mass is 35.5. The van der Waals surface area contributed by atoms with Crippen molar-refractivity contribution in [2.45, 2.75) is 31.9 Å². The number of alkyl halides is 3. The van der Waals surface area contributed by atoms with Crippen LogP contribution >= 0.6 is 24.2 Å². The van der Waals surface area contributed by atoms with Gasteiger partial charge in [0.1, 0.15) is 5.41 Å². The number of carboxylic acids is 2. The molecule has 0 saturated heterocycles. The summed E-state index contributed by atoms with van der Waals surface area (Å²) in [5.41, 5.74) is -1.77. The van der Waals surface area contributed by atoms with Gasteiger partial charge in [-0.2, -0.15) is 13.2 Å². The lowest BCUT2D eigenvalue weighted by Crippen LogP contribution is -2.42. The molecule has 0 aliphatic rings. The molecular weight excluding hydrogens is 459 g/mol. The Morgan fingerprint density at radius 3 is 2.06 bits per heavy atom. The summed E-state index contributed by atoms with van der Waals surface area (Å²) in [5.74, 6) is -3.24. The molecule has 2 atom stereocenters. The Morgan fingerprint density at radius 2 is 1.68 bits per heavy atom. The third-order valence-corrected chi connectivity index (χ3v) is 5.10. The van der Waals surface area contributed by atoms with Gasteiger partial charge < -0.3 is 10.2 Å². The van der Waals surface area contributed by atoms with E-state index in [1.165, 1.54) is 13.8 Å². The molecule has 0 bridgehead atoms. The van der Waals surface area contributed by atoms with Gasteiger partial charge in [-0.25, -0.2) is 0 Å². The third kappa shape index (κ3) is 6.96. The summed E-state index contributed by atoms with van der Waals surface area (Å²) in [6, 6.07) is 9.16. The molecule has 0 saturated carbocycles. The average Bonchev–Trinajstić information content (AvgIpc) is 2.68. The van der Waals surface area contributed by atoms with Crippen LogP contribution in [0.1, 0.15) is 30.7 Å². The lowest BCUT2D eigenvalue weighted by atomic mass is 9.72. The van der Waals surface area contributed by atoms with Gasteiger partial charge in [-0.3, -0.25) is 19.4 Å². The zero-order valence-electron chi connectivity index (χ0n) is 16.4. The van der Waals surface area contributed by atoms with E-state index in [0.29, 0.717) is 11.8 Å². The lowest BCUT2D eigenvalue weighted by Gasteiger charge is -2.29. The van der Waals surface area contributed by atoms with Gasteiger partial charge in [0.05, 0.1) is 28.6 Å². The van der Waals surface area contributed by atoms with Gasteiger partial charge in [-0.05, 0) is 18.6 Å². The van der Waals surface area contributed by atoms with Gasteiger partial charge in [0.25, 0.3) is 0 Å². The number of benzene rings is 1. The molecule has 2 N–H and O–H groups in total. The number of hydrogen-bond donors (Lipinski definition) is 3. The Labute approximate surface area is 186 Å². The van der Waals surface area contributed by atoms with E-state index < -0.39 is 40.1 Å². The molecule has 2 rings (SSSR count). The van der Waals surface area contributed by atoms with Gasteiger partial charge in [0, 0.05) is 6.20 Å². The zero-order valence-corrected chi connectivity index (χ0v) is 18.0. The minimum Gasteiger partial charge on any atom is -0.481 e. The summed E-state index contributed by atoms with van der Waals surface area (Å²) in [6.07, 6.45) is -4.04. The van der Waals surface area contributed by atoms with Crippen LogP contribution in [0.5, 0.6) is 0 Å². The van der Waals surface area contributed by atoms with Crippen molar-refractivity contribution in [3.05, 3.63) is 64.4 Å². The second-order valence-corrected chi connectivity index (χ2v) is 7.56. The van der Waals surface area contributed by atoms with E-state index in [-0.39, 0.29) is 17.1 Å². The van der Waals surface area contributed by atoms with Crippen molar-refractivity contribution in [3.63, 3.8) is 0 Å². The van der Waals surface area contributed by atoms with Crippen molar-refractivity contribution >= 4 is 41.3 Å². The van der Waals surface area contributed by atoms with Crippen molar-refractivity contribution in [2.24, 2.45) is 5.92 Å². The predicted octanol–water partition coefficient (Wildman–Crippen LogP) is 4.50. The number of halogens is 4. The maximum absolute atomic E-state index is 12.2. The molecular formula is C20H19ClF3NO5S. The van der Waals surface area contributed by atoms with E-state index in [0.717, 1.165) is 6.07 Å². The highest BCUT2D eigenvalue weighted by Crippen LogP contribution is 2.33. The fourth-order valence-corrected chi connectivity index (χ4v) is 2.87. The van der Waals surface area contributed by atoms with E-state index in [2.05, 4.69) is 17.6 Å². The second kappa shape index (κ2) is 10.6. The number of carbonyl (C=O) groups excluding carboxylic acids is 1. The van der Waals surface area contributed by atoms with Crippen LogP contribution in [-0.4, -0.2) is 32.3 Å². The predicted molar refractivity (Wildman–Crippen MR) is 110 cm³/mol. The van der Waals surface area contributed by atoms with E-state index in [4.69, 9.17) is 16.7 Å². The Hall–Kier alpha value is -2.59. The third-order valence-electron chi connectivity index (χ3n) is 4.62. The lowest BCUT2D eigenvalue weighted by molar-refractivity contribution is -0.154. The first-order valence-corrected chi connectivity index (χ1v) is 9.48. The van der Waals surface area contributed by atoms with Crippen LogP contribution in [0.3, 0.4) is 0 Å². The van der Waals surface area contributed by atoms with Crippen LogP contribution in [0.4, 0.5) is 13.2 Å². The smallest absolute Gasteiger partial charge is 0.417 e. The maximum atomic E-state index is 12.2. The fraction of sp³-hybridized carbons (Fsp3) is 0.300. The quantitative estimate of drug-likeness (QED) is 0.529. The first kappa shape index (κ1) is 26.4. The summed E-state index contributed by atoms with van der Waals surface area (Å²) < 4.78 is 36.5. The molecule has 11 heteroatoms. The normalized spacial score (nSPS) is 13.9. The first-order valence-electron chi connectivity index (χ1n) is 8.66. The second-order valence-electron chi connectivity index (χ2n) is 6.65. The number of carboxylic acid groups (broad SMARTS) is 2. The van der Waals surface area contributed by atoms with Crippen LogP contribution < -0.4 is 0 Å². The minimum absolute atomic E-state index is 0.0877. The van der Waals surface area contributed by atoms with Crippen LogP contribution in [0, 0.1) is 5.92 Å². The summed E-state index contributed by atoms with van der Waals surface area (Å²) in [6.45, 7) is 2.84. The van der Waals surface area contributed by atoms with E-state index in [9.17, 15) is 32.7 Å². The Balaban J connectivity index is 0.000000311. The largest absolute Gasteiger partial charge is 0.481 e. The first-order chi connectivity index (χ1) is 14.2. The minimum atomic E-state index is -4.49. The van der Waals surface area contributed by atoms with Crippen molar-refractivity contribution in [3.8, 4) is 0 Å².